The van der Waals surface area contributed by atoms with Crippen molar-refractivity contribution >= 4 is 21.8 Å². The standard InChI is InChI=1S/C24H22N4/c1-3-23-25-14-22(28-23)17-8-10-19-15(12-17)6-5-7-18(19)16-9-11-20-21(13-16)27-24(4-2)26-20/h5-14H,3-4H2,1-2H3,(H,25,28)(H,26,27). The van der Waals surface area contributed by atoms with E-state index in [0.717, 1.165) is 46.8 Å². The Morgan fingerprint density at radius 2 is 1.68 bits per heavy atom. The van der Waals surface area contributed by atoms with Gasteiger partial charge >= 0.3 is 0 Å². The molecule has 0 aliphatic heterocycles. The minimum Gasteiger partial charge on any atom is -0.342 e. The van der Waals surface area contributed by atoms with Crippen LogP contribution in [-0.4, -0.2) is 19.9 Å². The summed E-state index contributed by atoms with van der Waals surface area (Å²) in [5.41, 5.74) is 6.77. The molecule has 0 bridgehead atoms. The Labute approximate surface area is 163 Å². The van der Waals surface area contributed by atoms with Gasteiger partial charge in [-0.2, -0.15) is 0 Å². The van der Waals surface area contributed by atoms with Crippen molar-refractivity contribution in [3.8, 4) is 22.4 Å². The Morgan fingerprint density at radius 3 is 2.50 bits per heavy atom. The van der Waals surface area contributed by atoms with Gasteiger partial charge in [0.2, 0.25) is 0 Å². The van der Waals surface area contributed by atoms with E-state index < -0.39 is 0 Å². The molecule has 3 aromatic carbocycles. The van der Waals surface area contributed by atoms with Gasteiger partial charge in [0.15, 0.2) is 0 Å². The van der Waals surface area contributed by atoms with E-state index in [9.17, 15) is 0 Å². The van der Waals surface area contributed by atoms with Crippen molar-refractivity contribution in [3.05, 3.63) is 72.4 Å². The molecule has 0 aliphatic rings. The Morgan fingerprint density at radius 1 is 0.821 bits per heavy atom. The van der Waals surface area contributed by atoms with Gasteiger partial charge in [0.1, 0.15) is 11.6 Å². The summed E-state index contributed by atoms with van der Waals surface area (Å²) in [7, 11) is 0. The third-order valence-electron chi connectivity index (χ3n) is 5.33. The summed E-state index contributed by atoms with van der Waals surface area (Å²) in [6.45, 7) is 4.22. The molecule has 0 unspecified atom stereocenters. The summed E-state index contributed by atoms with van der Waals surface area (Å²) in [5, 5.41) is 2.47. The maximum atomic E-state index is 4.62. The van der Waals surface area contributed by atoms with Crippen molar-refractivity contribution in [2.75, 3.05) is 0 Å². The number of aromatic nitrogens is 4. The van der Waals surface area contributed by atoms with Crippen molar-refractivity contribution < 1.29 is 0 Å². The molecule has 4 nitrogen and oxygen atoms in total. The quantitative estimate of drug-likeness (QED) is 0.416. The molecule has 2 aromatic heterocycles. The molecule has 28 heavy (non-hydrogen) atoms. The lowest BCUT2D eigenvalue weighted by molar-refractivity contribution is 0.991. The van der Waals surface area contributed by atoms with Gasteiger partial charge in [-0.05, 0) is 40.1 Å². The Kier molecular flexibility index (Phi) is 3.97. The van der Waals surface area contributed by atoms with Crippen LogP contribution >= 0.6 is 0 Å². The second kappa shape index (κ2) is 6.64. The lowest BCUT2D eigenvalue weighted by Gasteiger charge is -2.09. The average molecular weight is 366 g/mol. The monoisotopic (exact) mass is 366 g/mol. The highest BCUT2D eigenvalue weighted by molar-refractivity contribution is 5.99. The van der Waals surface area contributed by atoms with Gasteiger partial charge in [0.05, 0.1) is 22.9 Å². The number of imidazole rings is 2. The number of H-pyrrole nitrogens is 2. The van der Waals surface area contributed by atoms with Gasteiger partial charge in [0, 0.05) is 18.4 Å². The van der Waals surface area contributed by atoms with Crippen LogP contribution in [0.2, 0.25) is 0 Å². The molecule has 5 rings (SSSR count). The van der Waals surface area contributed by atoms with Crippen LogP contribution in [0, 0.1) is 0 Å². The molecule has 138 valence electrons. The van der Waals surface area contributed by atoms with Gasteiger partial charge in [-0.3, -0.25) is 0 Å². The highest BCUT2D eigenvalue weighted by Crippen LogP contribution is 2.32. The topological polar surface area (TPSA) is 57.4 Å². The molecule has 4 heteroatoms. The lowest BCUT2D eigenvalue weighted by Crippen LogP contribution is -1.85. The maximum absolute atomic E-state index is 4.62. The first-order valence-corrected chi connectivity index (χ1v) is 9.81. The SMILES string of the molecule is CCc1ncc(-c2ccc3c(-c4ccc5nc(CC)[nH]c5c4)cccc3c2)[nH]1. The molecule has 0 aliphatic carbocycles. The van der Waals surface area contributed by atoms with Crippen LogP contribution < -0.4 is 0 Å². The highest BCUT2D eigenvalue weighted by Gasteiger charge is 2.09. The van der Waals surface area contributed by atoms with Crippen molar-refractivity contribution in [1.82, 2.24) is 19.9 Å². The molecule has 0 spiro atoms. The molecule has 0 saturated heterocycles. The maximum Gasteiger partial charge on any atom is 0.106 e. The second-order valence-electron chi connectivity index (χ2n) is 7.11. The van der Waals surface area contributed by atoms with E-state index in [4.69, 9.17) is 0 Å². The summed E-state index contributed by atoms with van der Waals surface area (Å²) in [6, 6.07) is 19.6. The fraction of sp³-hybridized carbons (Fsp3) is 0.167. The van der Waals surface area contributed by atoms with Crippen LogP contribution in [0.5, 0.6) is 0 Å². The van der Waals surface area contributed by atoms with E-state index in [2.05, 4.69) is 88.4 Å². The number of nitrogens with zero attached hydrogens (tertiary/aromatic N) is 2. The van der Waals surface area contributed by atoms with Crippen LogP contribution in [0.4, 0.5) is 0 Å². The number of hydrogen-bond acceptors (Lipinski definition) is 2. The van der Waals surface area contributed by atoms with Gasteiger partial charge in [-0.15, -0.1) is 0 Å². The number of nitrogens with one attached hydrogen (secondary N) is 2. The molecular formula is C24H22N4. The molecule has 0 saturated carbocycles. The molecule has 2 heterocycles. The van der Waals surface area contributed by atoms with Gasteiger partial charge in [-0.25, -0.2) is 9.97 Å². The third kappa shape index (κ3) is 2.78. The van der Waals surface area contributed by atoms with Gasteiger partial charge in [0.25, 0.3) is 0 Å². The smallest absolute Gasteiger partial charge is 0.106 e. The fourth-order valence-electron chi connectivity index (χ4n) is 3.79. The average Bonchev–Trinajstić information content (AvgIpc) is 3.39. The van der Waals surface area contributed by atoms with Crippen LogP contribution in [0.3, 0.4) is 0 Å². The first kappa shape index (κ1) is 16.8. The molecule has 5 aromatic rings. The van der Waals surface area contributed by atoms with Crippen LogP contribution in [-0.2, 0) is 12.8 Å². The summed E-state index contributed by atoms with van der Waals surface area (Å²) in [6.07, 6.45) is 3.74. The predicted octanol–water partition coefficient (Wildman–Crippen LogP) is 5.90. The van der Waals surface area contributed by atoms with Crippen LogP contribution in [0.15, 0.2) is 60.8 Å². The molecule has 0 amide bonds. The zero-order chi connectivity index (χ0) is 19.1. The Balaban J connectivity index is 1.61. The van der Waals surface area contributed by atoms with E-state index in [1.807, 2.05) is 6.20 Å². The Bertz CT molecular complexity index is 1290. The summed E-state index contributed by atoms with van der Waals surface area (Å²) in [5.74, 6) is 2.05. The van der Waals surface area contributed by atoms with E-state index in [1.165, 1.54) is 21.9 Å². The summed E-state index contributed by atoms with van der Waals surface area (Å²) >= 11 is 0. The van der Waals surface area contributed by atoms with Crippen molar-refractivity contribution in [3.63, 3.8) is 0 Å². The Hall–Kier alpha value is -3.40. The van der Waals surface area contributed by atoms with Crippen molar-refractivity contribution in [1.29, 1.82) is 0 Å². The van der Waals surface area contributed by atoms with E-state index in [-0.39, 0.29) is 0 Å². The minimum atomic E-state index is 0.910. The second-order valence-corrected chi connectivity index (χ2v) is 7.11. The number of aromatic amines is 2. The zero-order valence-electron chi connectivity index (χ0n) is 16.1. The largest absolute Gasteiger partial charge is 0.342 e. The normalized spacial score (nSPS) is 11.5. The predicted molar refractivity (Wildman–Crippen MR) is 115 cm³/mol. The third-order valence-corrected chi connectivity index (χ3v) is 5.33. The fourth-order valence-corrected chi connectivity index (χ4v) is 3.79. The van der Waals surface area contributed by atoms with E-state index in [0.29, 0.717) is 0 Å². The first-order valence-electron chi connectivity index (χ1n) is 9.81. The molecular weight excluding hydrogens is 344 g/mol. The number of benzene rings is 3. The van der Waals surface area contributed by atoms with Crippen molar-refractivity contribution in [2.45, 2.75) is 26.7 Å². The van der Waals surface area contributed by atoms with Crippen LogP contribution in [0.25, 0.3) is 44.2 Å². The first-order chi connectivity index (χ1) is 13.7. The summed E-state index contributed by atoms with van der Waals surface area (Å²) < 4.78 is 0. The zero-order valence-corrected chi connectivity index (χ0v) is 16.1. The number of aryl methyl sites for hydroxylation is 2. The molecule has 0 atom stereocenters. The van der Waals surface area contributed by atoms with Gasteiger partial charge in [-0.1, -0.05) is 50.2 Å². The lowest BCUT2D eigenvalue weighted by atomic mass is 9.96. The van der Waals surface area contributed by atoms with Crippen LogP contribution in [0.1, 0.15) is 25.5 Å². The highest BCUT2D eigenvalue weighted by atomic mass is 14.9. The molecule has 2 N–H and O–H groups in total. The molecule has 0 fully saturated rings. The van der Waals surface area contributed by atoms with Gasteiger partial charge < -0.3 is 9.97 Å². The van der Waals surface area contributed by atoms with Crippen molar-refractivity contribution in [2.24, 2.45) is 0 Å². The number of fused-ring (bicyclic) bond motifs is 2. The molecule has 0 radical (unpaired) electrons. The minimum absolute atomic E-state index is 0.910. The summed E-state index contributed by atoms with van der Waals surface area (Å²) in [4.78, 5) is 15.9. The number of hydrogen-bond donors (Lipinski definition) is 2. The number of rotatable bonds is 4. The van der Waals surface area contributed by atoms with E-state index >= 15 is 0 Å². The van der Waals surface area contributed by atoms with E-state index in [1.54, 1.807) is 0 Å².